The van der Waals surface area contributed by atoms with Crippen LogP contribution in [0.1, 0.15) is 32.6 Å². The van der Waals surface area contributed by atoms with Crippen molar-refractivity contribution in [3.63, 3.8) is 0 Å². The highest BCUT2D eigenvalue weighted by atomic mass is 32.2. The lowest BCUT2D eigenvalue weighted by molar-refractivity contribution is -0.118. The summed E-state index contributed by atoms with van der Waals surface area (Å²) < 4.78 is 4.85. The number of nitrogens with zero attached hydrogens (tertiary/aromatic N) is 6. The highest BCUT2D eigenvalue weighted by Gasteiger charge is 2.29. The van der Waals surface area contributed by atoms with Crippen molar-refractivity contribution < 1.29 is 9.42 Å². The Balaban J connectivity index is 1.65. The topological polar surface area (TPSA) is 100 Å². The van der Waals surface area contributed by atoms with Gasteiger partial charge < -0.3 is 15.1 Å². The Morgan fingerprint density at radius 3 is 2.63 bits per heavy atom. The molecule has 1 atom stereocenters. The van der Waals surface area contributed by atoms with E-state index in [-0.39, 0.29) is 5.91 Å². The largest absolute Gasteiger partial charge is 0.356 e. The van der Waals surface area contributed by atoms with E-state index < -0.39 is 0 Å². The number of anilines is 2. The molecule has 2 aliphatic rings. The van der Waals surface area contributed by atoms with Gasteiger partial charge >= 0.3 is 0 Å². The van der Waals surface area contributed by atoms with Gasteiger partial charge in [-0.05, 0) is 36.0 Å². The number of carbonyl (C=O) groups excluding carboxylic acids is 1. The Bertz CT molecular complexity index is 793. The molecule has 0 radical (unpaired) electrons. The molecule has 0 aromatic carbocycles. The normalized spacial score (nSPS) is 20.9. The second kappa shape index (κ2) is 8.28. The van der Waals surface area contributed by atoms with Crippen LogP contribution in [0.5, 0.6) is 0 Å². The zero-order chi connectivity index (χ0) is 18.6. The third-order valence-corrected chi connectivity index (χ3v) is 6.08. The monoisotopic (exact) mass is 391 g/mol. The Hall–Kier alpha value is -2.10. The number of carbonyl (C=O) groups is 1. The van der Waals surface area contributed by atoms with Crippen molar-refractivity contribution in [2.45, 2.75) is 38.6 Å². The molecule has 1 amide bonds. The molecule has 10 heteroatoms. The van der Waals surface area contributed by atoms with Gasteiger partial charge in [-0.2, -0.15) is 11.8 Å². The van der Waals surface area contributed by atoms with Crippen LogP contribution in [-0.2, 0) is 4.79 Å². The average molecular weight is 392 g/mol. The first-order valence-corrected chi connectivity index (χ1v) is 10.7. The van der Waals surface area contributed by atoms with Crippen LogP contribution in [0.25, 0.3) is 11.3 Å². The van der Waals surface area contributed by atoms with Crippen LogP contribution >= 0.6 is 11.8 Å². The van der Waals surface area contributed by atoms with Gasteiger partial charge in [0.15, 0.2) is 11.6 Å². The van der Waals surface area contributed by atoms with Crippen LogP contribution in [0, 0.1) is 0 Å². The Morgan fingerprint density at radius 1 is 1.15 bits per heavy atom. The molecule has 0 spiro atoms. The molecule has 0 unspecified atom stereocenters. The lowest BCUT2D eigenvalue weighted by atomic mass is 9.99. The molecule has 2 aliphatic heterocycles. The molecule has 9 nitrogen and oxygen atoms in total. The van der Waals surface area contributed by atoms with Gasteiger partial charge in [0.2, 0.25) is 17.2 Å². The number of rotatable bonds is 5. The summed E-state index contributed by atoms with van der Waals surface area (Å²) in [4.78, 5) is 25.4. The number of aromatic nitrogens is 4. The van der Waals surface area contributed by atoms with Gasteiger partial charge in [0.1, 0.15) is 0 Å². The standard InChI is InChI=1S/C17H25N7O2S/c1-12(25)18-6-5-13-4-2-3-7-24(13)17-16(23-8-10-27-11-9-23)19-14-15(20-17)22-26-21-14/h13H,2-11H2,1H3,(H,18,25)/t13-/m1/s1. The number of hydrogen-bond donors (Lipinski definition) is 1. The summed E-state index contributed by atoms with van der Waals surface area (Å²) in [5, 5.41) is 10.7. The predicted octanol–water partition coefficient (Wildman–Crippen LogP) is 1.45. The highest BCUT2D eigenvalue weighted by Crippen LogP contribution is 2.33. The first kappa shape index (κ1) is 18.3. The molecule has 0 aliphatic carbocycles. The fraction of sp³-hybridized carbons (Fsp3) is 0.706. The number of thioether (sulfide) groups is 1. The van der Waals surface area contributed by atoms with Gasteiger partial charge in [0, 0.05) is 50.7 Å². The molecule has 0 saturated carbocycles. The summed E-state index contributed by atoms with van der Waals surface area (Å²) in [7, 11) is 0. The van der Waals surface area contributed by atoms with Gasteiger partial charge in [-0.15, -0.1) is 0 Å². The minimum atomic E-state index is 0.0127. The highest BCUT2D eigenvalue weighted by molar-refractivity contribution is 7.99. The molecule has 27 heavy (non-hydrogen) atoms. The Kier molecular flexibility index (Phi) is 5.61. The molecular formula is C17H25N7O2S. The summed E-state index contributed by atoms with van der Waals surface area (Å²) >= 11 is 1.96. The molecule has 2 fully saturated rings. The summed E-state index contributed by atoms with van der Waals surface area (Å²) in [6.07, 6.45) is 4.30. The van der Waals surface area contributed by atoms with Crippen LogP contribution in [-0.4, -0.2) is 69.9 Å². The smallest absolute Gasteiger partial charge is 0.245 e. The lowest BCUT2D eigenvalue weighted by Gasteiger charge is -2.39. The van der Waals surface area contributed by atoms with Crippen LogP contribution < -0.4 is 15.1 Å². The summed E-state index contributed by atoms with van der Waals surface area (Å²) in [5.41, 5.74) is 0.908. The van der Waals surface area contributed by atoms with Gasteiger partial charge in [0.25, 0.3) is 0 Å². The maximum Gasteiger partial charge on any atom is 0.245 e. The minimum Gasteiger partial charge on any atom is -0.356 e. The van der Waals surface area contributed by atoms with Gasteiger partial charge in [-0.25, -0.2) is 14.6 Å². The fourth-order valence-corrected chi connectivity index (χ4v) is 4.70. The number of piperidine rings is 1. The first-order valence-electron chi connectivity index (χ1n) is 9.56. The molecule has 2 saturated heterocycles. The van der Waals surface area contributed by atoms with Crippen molar-refractivity contribution in [3.05, 3.63) is 0 Å². The van der Waals surface area contributed by atoms with E-state index in [1.165, 1.54) is 6.42 Å². The SMILES string of the molecule is CC(=O)NCC[C@H]1CCCCN1c1nc2nonc2nc1N1CCSCC1. The van der Waals surface area contributed by atoms with Crippen LogP contribution in [0.2, 0.25) is 0 Å². The molecule has 1 N–H and O–H groups in total. The van der Waals surface area contributed by atoms with Crippen molar-refractivity contribution >= 4 is 40.6 Å². The van der Waals surface area contributed by atoms with E-state index in [1.807, 2.05) is 11.8 Å². The van der Waals surface area contributed by atoms with Gasteiger partial charge in [-0.1, -0.05) is 0 Å². The third kappa shape index (κ3) is 4.10. The Labute approximate surface area is 162 Å². The van der Waals surface area contributed by atoms with E-state index in [4.69, 9.17) is 14.6 Å². The molecule has 4 heterocycles. The zero-order valence-electron chi connectivity index (χ0n) is 15.6. The van der Waals surface area contributed by atoms with Crippen molar-refractivity contribution in [2.75, 3.05) is 47.5 Å². The van der Waals surface area contributed by atoms with Gasteiger partial charge in [-0.3, -0.25) is 4.79 Å². The molecular weight excluding hydrogens is 366 g/mol. The number of hydrogen-bond acceptors (Lipinski definition) is 9. The average Bonchev–Trinajstić information content (AvgIpc) is 3.15. The molecule has 2 aromatic rings. The second-order valence-corrected chi connectivity index (χ2v) is 8.22. The van der Waals surface area contributed by atoms with Crippen molar-refractivity contribution in [1.29, 1.82) is 0 Å². The predicted molar refractivity (Wildman–Crippen MR) is 105 cm³/mol. The lowest BCUT2D eigenvalue weighted by Crippen LogP contribution is -2.44. The number of amides is 1. The van der Waals surface area contributed by atoms with E-state index in [9.17, 15) is 4.79 Å². The van der Waals surface area contributed by atoms with Crippen molar-refractivity contribution in [1.82, 2.24) is 25.6 Å². The quantitative estimate of drug-likeness (QED) is 0.811. The Morgan fingerprint density at radius 2 is 1.89 bits per heavy atom. The van der Waals surface area contributed by atoms with Crippen molar-refractivity contribution in [3.8, 4) is 0 Å². The third-order valence-electron chi connectivity index (χ3n) is 5.14. The van der Waals surface area contributed by atoms with Crippen LogP contribution in [0.15, 0.2) is 4.63 Å². The van der Waals surface area contributed by atoms with Crippen molar-refractivity contribution in [2.24, 2.45) is 0 Å². The zero-order valence-corrected chi connectivity index (χ0v) is 16.4. The number of fused-ring (bicyclic) bond motifs is 1. The maximum atomic E-state index is 11.2. The fourth-order valence-electron chi connectivity index (χ4n) is 3.80. The van der Waals surface area contributed by atoms with E-state index in [0.29, 0.717) is 23.9 Å². The molecule has 2 aromatic heterocycles. The summed E-state index contributed by atoms with van der Waals surface area (Å²) in [6, 6.07) is 0.329. The van der Waals surface area contributed by atoms with Crippen LogP contribution in [0.4, 0.5) is 11.6 Å². The van der Waals surface area contributed by atoms with E-state index >= 15 is 0 Å². The summed E-state index contributed by atoms with van der Waals surface area (Å²) in [6.45, 7) is 5.07. The first-order chi connectivity index (χ1) is 13.2. The molecule has 146 valence electrons. The molecule has 0 bridgehead atoms. The van der Waals surface area contributed by atoms with E-state index in [0.717, 1.165) is 62.0 Å². The second-order valence-electron chi connectivity index (χ2n) is 7.00. The van der Waals surface area contributed by atoms with Gasteiger partial charge in [0.05, 0.1) is 0 Å². The summed E-state index contributed by atoms with van der Waals surface area (Å²) in [5.74, 6) is 3.94. The van der Waals surface area contributed by atoms with E-state index in [1.54, 1.807) is 6.92 Å². The van der Waals surface area contributed by atoms with Crippen LogP contribution in [0.3, 0.4) is 0 Å². The maximum absolute atomic E-state index is 11.2. The molecule has 4 rings (SSSR count). The van der Waals surface area contributed by atoms with E-state index in [2.05, 4.69) is 25.4 Å². The number of nitrogens with one attached hydrogen (secondary N) is 1. The minimum absolute atomic E-state index is 0.0127.